The number of benzene rings is 1. The van der Waals surface area contributed by atoms with E-state index in [4.69, 9.17) is 5.73 Å². The molecule has 2 rings (SSSR count). The molecular weight excluding hydrogens is 236 g/mol. The van der Waals surface area contributed by atoms with Crippen LogP contribution in [0.4, 0.5) is 0 Å². The van der Waals surface area contributed by atoms with Crippen molar-refractivity contribution in [1.29, 1.82) is 0 Å². The maximum Gasteiger partial charge on any atom is 0.159 e. The van der Waals surface area contributed by atoms with Crippen molar-refractivity contribution >= 4 is 0 Å². The normalized spacial score (nSPS) is 11.5. The Bertz CT molecular complexity index is 505. The van der Waals surface area contributed by atoms with Crippen molar-refractivity contribution < 1.29 is 0 Å². The first-order chi connectivity index (χ1) is 9.11. The highest BCUT2D eigenvalue weighted by molar-refractivity contribution is 5.54. The Balaban J connectivity index is 2.03. The van der Waals surface area contributed by atoms with Gasteiger partial charge in [-0.2, -0.15) is 0 Å². The summed E-state index contributed by atoms with van der Waals surface area (Å²) in [5.74, 6) is 0.754. The van der Waals surface area contributed by atoms with Crippen molar-refractivity contribution in [3.8, 4) is 11.4 Å². The molecule has 1 aromatic carbocycles. The summed E-state index contributed by atoms with van der Waals surface area (Å²) in [6.07, 6.45) is 3.50. The van der Waals surface area contributed by atoms with Gasteiger partial charge in [-0.05, 0) is 25.5 Å². The average Bonchev–Trinajstić information content (AvgIpc) is 2.47. The number of rotatable bonds is 5. The second-order valence-electron chi connectivity index (χ2n) is 5.21. The molecule has 4 heteroatoms. The van der Waals surface area contributed by atoms with Crippen molar-refractivity contribution in [3.05, 3.63) is 48.3 Å². The zero-order valence-electron chi connectivity index (χ0n) is 11.4. The van der Waals surface area contributed by atoms with Crippen molar-refractivity contribution in [2.24, 2.45) is 5.73 Å². The van der Waals surface area contributed by atoms with Gasteiger partial charge in [0.1, 0.15) is 0 Å². The van der Waals surface area contributed by atoms with Gasteiger partial charge >= 0.3 is 0 Å². The predicted octanol–water partition coefficient (Wildman–Crippen LogP) is 1.97. The third-order valence-corrected chi connectivity index (χ3v) is 3.06. The van der Waals surface area contributed by atoms with Crippen LogP contribution < -0.4 is 11.1 Å². The van der Waals surface area contributed by atoms with E-state index in [0.29, 0.717) is 6.54 Å². The molecule has 0 fully saturated rings. The summed E-state index contributed by atoms with van der Waals surface area (Å²) in [5, 5.41) is 3.43. The number of hydrogen-bond donors (Lipinski definition) is 2. The third kappa shape index (κ3) is 3.84. The molecule has 0 saturated heterocycles. The molecule has 0 aliphatic carbocycles. The smallest absolute Gasteiger partial charge is 0.159 e. The standard InChI is InChI=1S/C15H20N4/c1-15(2,11-16)19-10-12-4-6-13(7-5-12)14-17-8-3-9-18-14/h3-9,19H,10-11,16H2,1-2H3. The van der Waals surface area contributed by atoms with Gasteiger partial charge in [-0.15, -0.1) is 0 Å². The van der Waals surface area contributed by atoms with Gasteiger partial charge in [0.25, 0.3) is 0 Å². The molecule has 0 atom stereocenters. The molecule has 19 heavy (non-hydrogen) atoms. The quantitative estimate of drug-likeness (QED) is 0.858. The molecule has 0 unspecified atom stereocenters. The Morgan fingerprint density at radius 2 is 1.74 bits per heavy atom. The van der Waals surface area contributed by atoms with Crippen molar-refractivity contribution in [2.75, 3.05) is 6.54 Å². The lowest BCUT2D eigenvalue weighted by Crippen LogP contribution is -2.45. The van der Waals surface area contributed by atoms with Crippen LogP contribution in [0.1, 0.15) is 19.4 Å². The Morgan fingerprint density at radius 1 is 1.11 bits per heavy atom. The Labute approximate surface area is 114 Å². The number of aromatic nitrogens is 2. The van der Waals surface area contributed by atoms with Crippen LogP contribution in [0.15, 0.2) is 42.7 Å². The summed E-state index contributed by atoms with van der Waals surface area (Å²) in [4.78, 5) is 8.47. The van der Waals surface area contributed by atoms with E-state index >= 15 is 0 Å². The first kappa shape index (κ1) is 13.6. The fourth-order valence-electron chi connectivity index (χ4n) is 1.63. The molecule has 3 N–H and O–H groups in total. The van der Waals surface area contributed by atoms with Gasteiger partial charge in [0.2, 0.25) is 0 Å². The van der Waals surface area contributed by atoms with Gasteiger partial charge in [-0.1, -0.05) is 24.3 Å². The van der Waals surface area contributed by atoms with Crippen LogP contribution >= 0.6 is 0 Å². The van der Waals surface area contributed by atoms with E-state index in [1.807, 2.05) is 18.2 Å². The maximum absolute atomic E-state index is 5.69. The average molecular weight is 256 g/mol. The van der Waals surface area contributed by atoms with Crippen LogP contribution in [0.25, 0.3) is 11.4 Å². The van der Waals surface area contributed by atoms with Crippen LogP contribution in [0, 0.1) is 0 Å². The van der Waals surface area contributed by atoms with E-state index in [2.05, 4.69) is 41.3 Å². The molecule has 0 aliphatic rings. The fourth-order valence-corrected chi connectivity index (χ4v) is 1.63. The van der Waals surface area contributed by atoms with Crippen LogP contribution in [0.5, 0.6) is 0 Å². The highest BCUT2D eigenvalue weighted by atomic mass is 15.0. The lowest BCUT2D eigenvalue weighted by molar-refractivity contribution is 0.397. The largest absolute Gasteiger partial charge is 0.329 e. The van der Waals surface area contributed by atoms with E-state index in [1.54, 1.807) is 12.4 Å². The highest BCUT2D eigenvalue weighted by Gasteiger charge is 2.13. The van der Waals surface area contributed by atoms with Crippen molar-refractivity contribution in [1.82, 2.24) is 15.3 Å². The minimum absolute atomic E-state index is 0.0405. The lowest BCUT2D eigenvalue weighted by Gasteiger charge is -2.24. The zero-order chi connectivity index (χ0) is 13.7. The molecule has 100 valence electrons. The van der Waals surface area contributed by atoms with Crippen LogP contribution in [0.2, 0.25) is 0 Å². The molecule has 0 saturated carbocycles. The number of nitrogens with one attached hydrogen (secondary N) is 1. The van der Waals surface area contributed by atoms with E-state index in [0.717, 1.165) is 17.9 Å². The summed E-state index contributed by atoms with van der Waals surface area (Å²) in [7, 11) is 0. The monoisotopic (exact) mass is 256 g/mol. The third-order valence-electron chi connectivity index (χ3n) is 3.06. The van der Waals surface area contributed by atoms with Gasteiger partial charge in [-0.3, -0.25) is 0 Å². The van der Waals surface area contributed by atoms with Gasteiger partial charge in [0.05, 0.1) is 0 Å². The number of nitrogens with zero attached hydrogens (tertiary/aromatic N) is 2. The SMILES string of the molecule is CC(C)(CN)NCc1ccc(-c2ncccn2)cc1. The number of hydrogen-bond acceptors (Lipinski definition) is 4. The molecule has 2 aromatic rings. The second kappa shape index (κ2) is 5.91. The first-order valence-corrected chi connectivity index (χ1v) is 6.42. The lowest BCUT2D eigenvalue weighted by atomic mass is 10.1. The first-order valence-electron chi connectivity index (χ1n) is 6.42. The summed E-state index contributed by atoms with van der Waals surface area (Å²) in [6, 6.07) is 10.1. The minimum atomic E-state index is -0.0405. The van der Waals surface area contributed by atoms with E-state index < -0.39 is 0 Å². The summed E-state index contributed by atoms with van der Waals surface area (Å²) >= 11 is 0. The molecular formula is C15H20N4. The molecule has 1 aromatic heterocycles. The summed E-state index contributed by atoms with van der Waals surface area (Å²) < 4.78 is 0. The van der Waals surface area contributed by atoms with Crippen molar-refractivity contribution in [3.63, 3.8) is 0 Å². The summed E-state index contributed by atoms with van der Waals surface area (Å²) in [5.41, 5.74) is 7.90. The molecule has 4 nitrogen and oxygen atoms in total. The van der Waals surface area contributed by atoms with Crippen LogP contribution in [-0.4, -0.2) is 22.1 Å². The zero-order valence-corrected chi connectivity index (χ0v) is 11.4. The molecule has 0 amide bonds. The molecule has 0 radical (unpaired) electrons. The molecule has 1 heterocycles. The number of nitrogens with two attached hydrogens (primary N) is 1. The van der Waals surface area contributed by atoms with E-state index in [-0.39, 0.29) is 5.54 Å². The van der Waals surface area contributed by atoms with Crippen LogP contribution in [-0.2, 0) is 6.54 Å². The predicted molar refractivity (Wildman–Crippen MR) is 77.4 cm³/mol. The Hall–Kier alpha value is -1.78. The van der Waals surface area contributed by atoms with E-state index in [9.17, 15) is 0 Å². The summed E-state index contributed by atoms with van der Waals surface area (Å²) in [6.45, 7) is 5.61. The van der Waals surface area contributed by atoms with Gasteiger partial charge < -0.3 is 11.1 Å². The minimum Gasteiger partial charge on any atom is -0.329 e. The van der Waals surface area contributed by atoms with Gasteiger partial charge in [-0.25, -0.2) is 9.97 Å². The van der Waals surface area contributed by atoms with E-state index in [1.165, 1.54) is 5.56 Å². The van der Waals surface area contributed by atoms with Crippen LogP contribution in [0.3, 0.4) is 0 Å². The Morgan fingerprint density at radius 3 is 2.32 bits per heavy atom. The van der Waals surface area contributed by atoms with Gasteiger partial charge in [0, 0.05) is 36.6 Å². The fraction of sp³-hybridized carbons (Fsp3) is 0.333. The van der Waals surface area contributed by atoms with Gasteiger partial charge in [0.15, 0.2) is 5.82 Å². The maximum atomic E-state index is 5.69. The molecule has 0 bridgehead atoms. The van der Waals surface area contributed by atoms with Crippen molar-refractivity contribution in [2.45, 2.75) is 25.9 Å². The second-order valence-corrected chi connectivity index (χ2v) is 5.21. The molecule has 0 aliphatic heterocycles. The Kier molecular flexibility index (Phi) is 4.24. The molecule has 0 spiro atoms. The highest BCUT2D eigenvalue weighted by Crippen LogP contribution is 2.15. The topological polar surface area (TPSA) is 63.8 Å².